The molecular weight excluding hydrogens is 302 g/mol. The van der Waals surface area contributed by atoms with Gasteiger partial charge in [0.25, 0.3) is 0 Å². The number of nitrogens with zero attached hydrogens (tertiary/aromatic N) is 1. The zero-order valence-corrected chi connectivity index (χ0v) is 13.1. The molecule has 0 atom stereocenters. The van der Waals surface area contributed by atoms with Crippen LogP contribution in [0.15, 0.2) is 37.5 Å². The second-order valence-corrected chi connectivity index (χ2v) is 6.98. The molecule has 0 saturated carbocycles. The summed E-state index contributed by atoms with van der Waals surface area (Å²) >= 11 is 3.13. The van der Waals surface area contributed by atoms with Gasteiger partial charge in [-0.15, -0.1) is 11.3 Å². The van der Waals surface area contributed by atoms with E-state index in [1.165, 1.54) is 30.6 Å². The van der Waals surface area contributed by atoms with Crippen LogP contribution in [0.1, 0.15) is 19.3 Å². The molecule has 0 aliphatic carbocycles. The summed E-state index contributed by atoms with van der Waals surface area (Å²) in [6.45, 7) is 1.96. The molecule has 1 fully saturated rings. The Bertz CT molecular complexity index is 811. The van der Waals surface area contributed by atoms with Gasteiger partial charge in [0.2, 0.25) is 5.43 Å². The average molecular weight is 317 g/mol. The molecule has 0 N–H and O–H groups in total. The summed E-state index contributed by atoms with van der Waals surface area (Å²) in [7, 11) is 0. The SMILES string of the molecule is O=c1cc(N2CCCCC2)oc2c(-c3ccsc3)csc12. The monoisotopic (exact) mass is 317 g/mol. The van der Waals surface area contributed by atoms with E-state index >= 15 is 0 Å². The molecule has 0 unspecified atom stereocenters. The summed E-state index contributed by atoms with van der Waals surface area (Å²) < 4.78 is 6.84. The Labute approximate surface area is 130 Å². The highest BCUT2D eigenvalue weighted by Gasteiger charge is 2.18. The zero-order chi connectivity index (χ0) is 14.2. The third-order valence-corrected chi connectivity index (χ3v) is 5.59. The van der Waals surface area contributed by atoms with Crippen molar-refractivity contribution in [3.05, 3.63) is 38.5 Å². The number of anilines is 1. The Morgan fingerprint density at radius 3 is 2.76 bits per heavy atom. The van der Waals surface area contributed by atoms with Crippen LogP contribution in [0, 0.1) is 0 Å². The van der Waals surface area contributed by atoms with E-state index in [0.717, 1.165) is 40.4 Å². The molecule has 0 spiro atoms. The number of thiophene rings is 2. The molecule has 5 heteroatoms. The summed E-state index contributed by atoms with van der Waals surface area (Å²) in [5.74, 6) is 0.724. The standard InChI is InChI=1S/C16H15NO2S2/c18-13-8-14(17-5-2-1-3-6-17)19-15-12(10-21-16(13)15)11-4-7-20-9-11/h4,7-10H,1-3,5-6H2. The Balaban J connectivity index is 1.87. The van der Waals surface area contributed by atoms with E-state index in [4.69, 9.17) is 4.42 Å². The average Bonchev–Trinajstić information content (AvgIpc) is 3.16. The molecule has 4 heterocycles. The van der Waals surface area contributed by atoms with Crippen LogP contribution in [0.2, 0.25) is 0 Å². The van der Waals surface area contributed by atoms with Crippen LogP contribution in [-0.2, 0) is 0 Å². The number of hydrogen-bond acceptors (Lipinski definition) is 5. The fourth-order valence-electron chi connectivity index (χ4n) is 2.82. The molecule has 1 aliphatic rings. The largest absolute Gasteiger partial charge is 0.439 e. The summed E-state index contributed by atoms with van der Waals surface area (Å²) in [4.78, 5) is 14.5. The van der Waals surface area contributed by atoms with Crippen LogP contribution in [0.25, 0.3) is 21.4 Å². The fraction of sp³-hybridized carbons (Fsp3) is 0.312. The van der Waals surface area contributed by atoms with Gasteiger partial charge in [0.15, 0.2) is 11.5 Å². The minimum absolute atomic E-state index is 0.0725. The molecule has 1 aliphatic heterocycles. The Morgan fingerprint density at radius 2 is 2.00 bits per heavy atom. The van der Waals surface area contributed by atoms with Gasteiger partial charge in [-0.25, -0.2) is 0 Å². The third kappa shape index (κ3) is 2.30. The van der Waals surface area contributed by atoms with Crippen molar-refractivity contribution in [2.45, 2.75) is 19.3 Å². The van der Waals surface area contributed by atoms with Crippen molar-refractivity contribution >= 4 is 38.8 Å². The maximum absolute atomic E-state index is 12.4. The lowest BCUT2D eigenvalue weighted by Gasteiger charge is -2.26. The Hall–Kier alpha value is -1.59. The summed E-state index contributed by atoms with van der Waals surface area (Å²) in [5.41, 5.74) is 2.98. The Kier molecular flexibility index (Phi) is 3.31. The van der Waals surface area contributed by atoms with E-state index in [1.54, 1.807) is 17.4 Å². The van der Waals surface area contributed by atoms with Crippen molar-refractivity contribution in [3.8, 4) is 11.1 Å². The predicted octanol–water partition coefficient (Wildman–Crippen LogP) is 4.57. The number of hydrogen-bond donors (Lipinski definition) is 0. The van der Waals surface area contributed by atoms with Crippen molar-refractivity contribution < 1.29 is 4.42 Å². The molecular formula is C16H15NO2S2. The van der Waals surface area contributed by atoms with Crippen molar-refractivity contribution in [3.63, 3.8) is 0 Å². The Morgan fingerprint density at radius 1 is 1.14 bits per heavy atom. The molecule has 1 saturated heterocycles. The van der Waals surface area contributed by atoms with Gasteiger partial charge in [0, 0.05) is 30.1 Å². The van der Waals surface area contributed by atoms with Crippen molar-refractivity contribution in [2.75, 3.05) is 18.0 Å². The van der Waals surface area contributed by atoms with Gasteiger partial charge in [0.05, 0.1) is 0 Å². The van der Waals surface area contributed by atoms with Crippen LogP contribution in [0.5, 0.6) is 0 Å². The second kappa shape index (κ2) is 5.31. The number of piperidine rings is 1. The van der Waals surface area contributed by atoms with Crippen LogP contribution < -0.4 is 10.3 Å². The fourth-order valence-corrected chi connectivity index (χ4v) is 4.39. The highest BCUT2D eigenvalue weighted by molar-refractivity contribution is 7.17. The minimum atomic E-state index is 0.0725. The first-order valence-electron chi connectivity index (χ1n) is 7.16. The van der Waals surface area contributed by atoms with Gasteiger partial charge in [0.1, 0.15) is 4.70 Å². The zero-order valence-electron chi connectivity index (χ0n) is 11.5. The van der Waals surface area contributed by atoms with E-state index in [1.807, 2.05) is 10.8 Å². The van der Waals surface area contributed by atoms with Gasteiger partial charge >= 0.3 is 0 Å². The second-order valence-electron chi connectivity index (χ2n) is 5.32. The molecule has 3 aromatic heterocycles. The molecule has 0 bridgehead atoms. The van der Waals surface area contributed by atoms with Gasteiger partial charge < -0.3 is 9.32 Å². The van der Waals surface area contributed by atoms with Gasteiger partial charge in [-0.3, -0.25) is 4.79 Å². The third-order valence-electron chi connectivity index (χ3n) is 3.93. The van der Waals surface area contributed by atoms with Gasteiger partial charge in [-0.1, -0.05) is 0 Å². The molecule has 4 rings (SSSR count). The maximum atomic E-state index is 12.4. The molecule has 3 nitrogen and oxygen atoms in total. The van der Waals surface area contributed by atoms with E-state index in [-0.39, 0.29) is 5.43 Å². The number of fused-ring (bicyclic) bond motifs is 1. The smallest absolute Gasteiger partial charge is 0.204 e. The first-order chi connectivity index (χ1) is 10.3. The minimum Gasteiger partial charge on any atom is -0.439 e. The van der Waals surface area contributed by atoms with Crippen LogP contribution >= 0.6 is 22.7 Å². The predicted molar refractivity (Wildman–Crippen MR) is 89.7 cm³/mol. The van der Waals surface area contributed by atoms with Crippen molar-refractivity contribution in [1.82, 2.24) is 0 Å². The van der Waals surface area contributed by atoms with Crippen LogP contribution in [-0.4, -0.2) is 13.1 Å². The van der Waals surface area contributed by atoms with Crippen molar-refractivity contribution in [1.29, 1.82) is 0 Å². The first-order valence-corrected chi connectivity index (χ1v) is 8.98. The first kappa shape index (κ1) is 13.1. The maximum Gasteiger partial charge on any atom is 0.204 e. The highest BCUT2D eigenvalue weighted by Crippen LogP contribution is 2.35. The van der Waals surface area contributed by atoms with E-state index in [2.05, 4.69) is 16.3 Å². The normalized spacial score (nSPS) is 15.7. The quantitative estimate of drug-likeness (QED) is 0.694. The van der Waals surface area contributed by atoms with Crippen LogP contribution in [0.4, 0.5) is 5.88 Å². The van der Waals surface area contributed by atoms with E-state index in [9.17, 15) is 4.79 Å². The van der Waals surface area contributed by atoms with E-state index in [0.29, 0.717) is 0 Å². The molecule has 21 heavy (non-hydrogen) atoms. The van der Waals surface area contributed by atoms with Gasteiger partial charge in [-0.05, 0) is 41.7 Å². The lowest BCUT2D eigenvalue weighted by atomic mass is 10.1. The van der Waals surface area contributed by atoms with E-state index < -0.39 is 0 Å². The van der Waals surface area contributed by atoms with Crippen LogP contribution in [0.3, 0.4) is 0 Å². The summed E-state index contributed by atoms with van der Waals surface area (Å²) in [6.07, 6.45) is 3.60. The van der Waals surface area contributed by atoms with Crippen molar-refractivity contribution in [2.24, 2.45) is 0 Å². The van der Waals surface area contributed by atoms with Gasteiger partial charge in [-0.2, -0.15) is 11.3 Å². The summed E-state index contributed by atoms with van der Waals surface area (Å²) in [6, 6.07) is 3.72. The highest BCUT2D eigenvalue weighted by atomic mass is 32.1. The lowest BCUT2D eigenvalue weighted by Crippen LogP contribution is -2.29. The molecule has 3 aromatic rings. The number of rotatable bonds is 2. The molecule has 0 radical (unpaired) electrons. The lowest BCUT2D eigenvalue weighted by molar-refractivity contribution is 0.513. The molecule has 0 amide bonds. The molecule has 0 aromatic carbocycles. The molecule has 108 valence electrons. The summed E-state index contributed by atoms with van der Waals surface area (Å²) in [5, 5.41) is 6.16. The topological polar surface area (TPSA) is 33.5 Å².